The zero-order chi connectivity index (χ0) is 17.4. The summed E-state index contributed by atoms with van der Waals surface area (Å²) in [6, 6.07) is 4.60. The van der Waals surface area contributed by atoms with Crippen LogP contribution in [0.5, 0.6) is 0 Å². The molecule has 124 valence electrons. The smallest absolute Gasteiger partial charge is 0.223 e. The van der Waals surface area contributed by atoms with E-state index in [0.717, 1.165) is 11.3 Å². The lowest BCUT2D eigenvalue weighted by Crippen LogP contribution is -2.09. The van der Waals surface area contributed by atoms with Gasteiger partial charge in [0.05, 0.1) is 11.3 Å². The monoisotopic (exact) mass is 346 g/mol. The Hall–Kier alpha value is -2.31. The first-order valence-electron chi connectivity index (χ1n) is 7.39. The van der Waals surface area contributed by atoms with Gasteiger partial charge in [0, 0.05) is 29.7 Å². The molecule has 1 unspecified atom stereocenters. The van der Waals surface area contributed by atoms with E-state index in [-0.39, 0.29) is 22.5 Å². The molecule has 0 radical (unpaired) electrons. The van der Waals surface area contributed by atoms with Gasteiger partial charge < -0.3 is 10.3 Å². The summed E-state index contributed by atoms with van der Waals surface area (Å²) in [7, 11) is 0. The maximum Gasteiger partial charge on any atom is 0.223 e. The number of rotatable bonds is 3. The molecule has 1 aromatic carbocycles. The second kappa shape index (κ2) is 6.30. The molecule has 0 aliphatic heterocycles. The summed E-state index contributed by atoms with van der Waals surface area (Å²) in [6.45, 7) is 5.42. The maximum atomic E-state index is 14.6. The van der Waals surface area contributed by atoms with Crippen molar-refractivity contribution in [3.63, 3.8) is 0 Å². The molecule has 24 heavy (non-hydrogen) atoms. The van der Waals surface area contributed by atoms with Gasteiger partial charge in [-0.2, -0.15) is 4.98 Å². The minimum absolute atomic E-state index is 0.172. The summed E-state index contributed by atoms with van der Waals surface area (Å²) < 4.78 is 19.5. The summed E-state index contributed by atoms with van der Waals surface area (Å²) in [5.41, 5.74) is 9.09. The van der Waals surface area contributed by atoms with Crippen LogP contribution >= 0.6 is 11.6 Å². The number of aryl methyl sites for hydroxylation is 2. The first kappa shape index (κ1) is 16.5. The lowest BCUT2D eigenvalue weighted by atomic mass is 9.97. The third kappa shape index (κ3) is 3.02. The van der Waals surface area contributed by atoms with Crippen molar-refractivity contribution in [2.75, 3.05) is 0 Å². The average molecular weight is 347 g/mol. The summed E-state index contributed by atoms with van der Waals surface area (Å²) in [5.74, 6) is 0.00437. The molecule has 2 aromatic heterocycles. The molecule has 1 atom stereocenters. The molecule has 0 bridgehead atoms. The fourth-order valence-electron chi connectivity index (χ4n) is 2.64. The van der Waals surface area contributed by atoms with Crippen molar-refractivity contribution < 1.29 is 8.91 Å². The van der Waals surface area contributed by atoms with Gasteiger partial charge in [0.15, 0.2) is 0 Å². The number of hydrogen-bond acceptors (Lipinski definition) is 5. The molecular formula is C17H16ClFN4O. The largest absolute Gasteiger partial charge is 0.339 e. The Bertz CT molecular complexity index is 908. The zero-order valence-electron chi connectivity index (χ0n) is 13.5. The molecule has 3 rings (SSSR count). The van der Waals surface area contributed by atoms with Crippen molar-refractivity contribution >= 4 is 11.6 Å². The molecule has 0 saturated heterocycles. The molecule has 2 heterocycles. The summed E-state index contributed by atoms with van der Waals surface area (Å²) in [6.07, 6.45) is 1.65. The second-order valence-corrected chi connectivity index (χ2v) is 6.10. The van der Waals surface area contributed by atoms with Gasteiger partial charge in [0.1, 0.15) is 5.82 Å². The van der Waals surface area contributed by atoms with Crippen LogP contribution in [0.25, 0.3) is 22.5 Å². The number of benzene rings is 1. The number of halogens is 2. The van der Waals surface area contributed by atoms with E-state index in [2.05, 4.69) is 15.1 Å². The van der Waals surface area contributed by atoms with E-state index in [1.807, 2.05) is 19.9 Å². The van der Waals surface area contributed by atoms with Crippen molar-refractivity contribution in [3.05, 3.63) is 52.4 Å². The van der Waals surface area contributed by atoms with Gasteiger partial charge in [0.2, 0.25) is 11.7 Å². The molecule has 0 aliphatic rings. The lowest BCUT2D eigenvalue weighted by Gasteiger charge is -2.13. The highest BCUT2D eigenvalue weighted by molar-refractivity contribution is 6.31. The summed E-state index contributed by atoms with van der Waals surface area (Å²) in [4.78, 5) is 8.52. The Balaban J connectivity index is 2.22. The van der Waals surface area contributed by atoms with Gasteiger partial charge in [-0.15, -0.1) is 0 Å². The highest BCUT2D eigenvalue weighted by Gasteiger charge is 2.20. The Labute approximate surface area is 143 Å². The van der Waals surface area contributed by atoms with E-state index in [9.17, 15) is 4.39 Å². The predicted octanol–water partition coefficient (Wildman–Crippen LogP) is 4.23. The molecule has 7 heteroatoms. The van der Waals surface area contributed by atoms with Crippen LogP contribution in [0.4, 0.5) is 4.39 Å². The molecule has 0 saturated carbocycles. The lowest BCUT2D eigenvalue weighted by molar-refractivity contribution is 0.394. The highest BCUT2D eigenvalue weighted by Crippen LogP contribution is 2.36. The molecule has 5 nitrogen and oxygen atoms in total. The minimum atomic E-state index is -0.521. The SMILES string of the molecule is Cc1nc(-c2c(F)cc(Cl)cc2-c2cnc(C(C)N)c(C)c2)no1. The van der Waals surface area contributed by atoms with E-state index >= 15 is 0 Å². The number of nitrogens with two attached hydrogens (primary N) is 1. The second-order valence-electron chi connectivity index (χ2n) is 5.66. The van der Waals surface area contributed by atoms with Gasteiger partial charge >= 0.3 is 0 Å². The molecule has 0 fully saturated rings. The van der Waals surface area contributed by atoms with Crippen molar-refractivity contribution in [2.24, 2.45) is 5.73 Å². The quantitative estimate of drug-likeness (QED) is 0.767. The van der Waals surface area contributed by atoms with Gasteiger partial charge in [-0.05, 0) is 43.2 Å². The minimum Gasteiger partial charge on any atom is -0.339 e. The van der Waals surface area contributed by atoms with E-state index in [0.29, 0.717) is 17.0 Å². The Morgan fingerprint density at radius 2 is 2.00 bits per heavy atom. The van der Waals surface area contributed by atoms with Crippen LogP contribution in [0.1, 0.15) is 30.1 Å². The maximum absolute atomic E-state index is 14.6. The fraction of sp³-hybridized carbons (Fsp3) is 0.235. The Kier molecular flexibility index (Phi) is 4.34. The summed E-state index contributed by atoms with van der Waals surface area (Å²) in [5, 5.41) is 4.10. The van der Waals surface area contributed by atoms with E-state index in [1.165, 1.54) is 6.07 Å². The van der Waals surface area contributed by atoms with Gasteiger partial charge in [-0.3, -0.25) is 4.98 Å². The Morgan fingerprint density at radius 3 is 2.58 bits per heavy atom. The standard InChI is InChI=1S/C17H16ClFN4O/c1-8-4-11(7-21-16(8)9(2)20)13-5-12(18)6-14(19)15(13)17-22-10(3)24-23-17/h4-7,9H,20H2,1-3H3. The normalized spacial score (nSPS) is 12.4. The molecule has 0 aliphatic carbocycles. The van der Waals surface area contributed by atoms with Crippen LogP contribution in [0, 0.1) is 19.7 Å². The van der Waals surface area contributed by atoms with E-state index in [4.69, 9.17) is 21.9 Å². The van der Waals surface area contributed by atoms with Crippen LogP contribution in [-0.4, -0.2) is 15.1 Å². The van der Waals surface area contributed by atoms with Crippen molar-refractivity contribution in [3.8, 4) is 22.5 Å². The summed E-state index contributed by atoms with van der Waals surface area (Å²) >= 11 is 6.04. The number of pyridine rings is 1. The van der Waals surface area contributed by atoms with Crippen LogP contribution in [0.3, 0.4) is 0 Å². The zero-order valence-corrected chi connectivity index (χ0v) is 14.2. The molecule has 0 amide bonds. The van der Waals surface area contributed by atoms with Gasteiger partial charge in [0.25, 0.3) is 0 Å². The van der Waals surface area contributed by atoms with E-state index in [1.54, 1.807) is 19.2 Å². The molecule has 3 aromatic rings. The third-order valence-corrected chi connectivity index (χ3v) is 3.89. The van der Waals surface area contributed by atoms with Crippen molar-refractivity contribution in [1.82, 2.24) is 15.1 Å². The van der Waals surface area contributed by atoms with Crippen LogP contribution in [0.2, 0.25) is 5.02 Å². The number of hydrogen-bond donors (Lipinski definition) is 1. The van der Waals surface area contributed by atoms with Crippen LogP contribution in [-0.2, 0) is 0 Å². The number of aromatic nitrogens is 3. The number of nitrogens with zero attached hydrogens (tertiary/aromatic N) is 3. The first-order chi connectivity index (χ1) is 11.4. The van der Waals surface area contributed by atoms with Gasteiger partial charge in [-0.25, -0.2) is 4.39 Å². The molecule has 2 N–H and O–H groups in total. The van der Waals surface area contributed by atoms with Crippen molar-refractivity contribution in [2.45, 2.75) is 26.8 Å². The molecular weight excluding hydrogens is 331 g/mol. The highest BCUT2D eigenvalue weighted by atomic mass is 35.5. The van der Waals surface area contributed by atoms with Crippen LogP contribution < -0.4 is 5.73 Å². The van der Waals surface area contributed by atoms with Crippen molar-refractivity contribution in [1.29, 1.82) is 0 Å². The van der Waals surface area contributed by atoms with Gasteiger partial charge in [-0.1, -0.05) is 16.8 Å². The third-order valence-electron chi connectivity index (χ3n) is 3.67. The average Bonchev–Trinajstić information content (AvgIpc) is 2.92. The first-order valence-corrected chi connectivity index (χ1v) is 7.77. The van der Waals surface area contributed by atoms with E-state index < -0.39 is 5.82 Å². The Morgan fingerprint density at radius 1 is 1.25 bits per heavy atom. The fourth-order valence-corrected chi connectivity index (χ4v) is 2.84. The predicted molar refractivity (Wildman–Crippen MR) is 90.0 cm³/mol. The molecule has 0 spiro atoms. The van der Waals surface area contributed by atoms with Crippen LogP contribution in [0.15, 0.2) is 28.9 Å². The topological polar surface area (TPSA) is 77.8 Å².